The van der Waals surface area contributed by atoms with E-state index < -0.39 is 18.3 Å². The van der Waals surface area contributed by atoms with Crippen molar-refractivity contribution in [3.05, 3.63) is 114 Å². The van der Waals surface area contributed by atoms with Crippen LogP contribution >= 0.6 is 0 Å². The molecule has 254 valence electrons. The van der Waals surface area contributed by atoms with Gasteiger partial charge in [-0.25, -0.2) is 9.59 Å². The van der Waals surface area contributed by atoms with Crippen molar-refractivity contribution in [3.8, 4) is 5.75 Å². The number of benzene rings is 4. The molecule has 0 aliphatic carbocycles. The minimum Gasteiger partial charge on any atom is -0.410 e. The molecule has 0 unspecified atom stereocenters. The van der Waals surface area contributed by atoms with Gasteiger partial charge < -0.3 is 24.8 Å². The Labute approximate surface area is 286 Å². The van der Waals surface area contributed by atoms with E-state index in [0.717, 1.165) is 27.5 Å². The normalized spacial score (nSPS) is 17.7. The Morgan fingerprint density at radius 1 is 0.878 bits per heavy atom. The van der Waals surface area contributed by atoms with Crippen LogP contribution in [-0.2, 0) is 29.1 Å². The van der Waals surface area contributed by atoms with Crippen LogP contribution in [0.4, 0.5) is 9.59 Å². The van der Waals surface area contributed by atoms with E-state index in [1.165, 1.54) is 4.90 Å². The lowest BCUT2D eigenvalue weighted by molar-refractivity contribution is -0.158. The Bertz CT molecular complexity index is 1820. The zero-order valence-electron chi connectivity index (χ0n) is 28.3. The topological polar surface area (TPSA) is 106 Å². The maximum Gasteiger partial charge on any atom is 0.414 e. The predicted molar refractivity (Wildman–Crippen MR) is 186 cm³/mol. The third-order valence-corrected chi connectivity index (χ3v) is 8.99. The molecule has 11 heteroatoms. The van der Waals surface area contributed by atoms with Crippen molar-refractivity contribution in [1.29, 1.82) is 0 Å². The number of rotatable bonds is 9. The lowest BCUT2D eigenvalue weighted by Gasteiger charge is -2.47. The summed E-state index contributed by atoms with van der Waals surface area (Å²) in [5.41, 5.74) is 2.77. The number of hydrogen-bond donors (Lipinski definition) is 1. The van der Waals surface area contributed by atoms with Gasteiger partial charge in [0.25, 0.3) is 0 Å². The first-order chi connectivity index (χ1) is 23.6. The van der Waals surface area contributed by atoms with Crippen LogP contribution in [-0.4, -0.2) is 94.1 Å². The average molecular weight is 663 g/mol. The van der Waals surface area contributed by atoms with Crippen LogP contribution in [0.5, 0.6) is 5.75 Å². The zero-order valence-corrected chi connectivity index (χ0v) is 28.3. The summed E-state index contributed by atoms with van der Waals surface area (Å²) >= 11 is 0. The van der Waals surface area contributed by atoms with Crippen LogP contribution in [0.25, 0.3) is 10.8 Å². The summed E-state index contributed by atoms with van der Waals surface area (Å²) in [6, 6.07) is 29.4. The molecule has 2 fully saturated rings. The van der Waals surface area contributed by atoms with Gasteiger partial charge in [0.15, 0.2) is 0 Å². The van der Waals surface area contributed by atoms with E-state index in [4.69, 9.17) is 4.74 Å². The van der Waals surface area contributed by atoms with Crippen molar-refractivity contribution >= 4 is 34.7 Å². The van der Waals surface area contributed by atoms with E-state index in [0.29, 0.717) is 18.8 Å². The minimum atomic E-state index is -0.803. The highest BCUT2D eigenvalue weighted by Crippen LogP contribution is 2.32. The second kappa shape index (κ2) is 14.4. The first-order valence-corrected chi connectivity index (χ1v) is 16.5. The lowest BCUT2D eigenvalue weighted by atomic mass is 9.99. The molecule has 2 aliphatic heterocycles. The van der Waals surface area contributed by atoms with Crippen LogP contribution in [0, 0.1) is 0 Å². The SMILES string of the molecule is CC(C)N(C(=O)NCc1ccccc1)N1CC(=O)N2[C@@H](Cc3ccc(OC(=O)N(C)C)cc3)C(=O)N(Cc3cccc4ccccc34)C[C@@H]21. The summed E-state index contributed by atoms with van der Waals surface area (Å²) < 4.78 is 5.38. The smallest absolute Gasteiger partial charge is 0.410 e. The van der Waals surface area contributed by atoms with Crippen LogP contribution < -0.4 is 10.1 Å². The van der Waals surface area contributed by atoms with E-state index in [9.17, 15) is 19.2 Å². The molecular formula is C38H42N6O5. The van der Waals surface area contributed by atoms with Gasteiger partial charge in [0.1, 0.15) is 18.0 Å². The Morgan fingerprint density at radius 2 is 1.57 bits per heavy atom. The fourth-order valence-electron chi connectivity index (χ4n) is 6.61. The van der Waals surface area contributed by atoms with Crippen LogP contribution in [0.2, 0.25) is 0 Å². The van der Waals surface area contributed by atoms with Gasteiger partial charge in [-0.3, -0.25) is 14.6 Å². The minimum absolute atomic E-state index is 0.0348. The molecule has 0 radical (unpaired) electrons. The van der Waals surface area contributed by atoms with Crippen molar-refractivity contribution in [2.75, 3.05) is 27.2 Å². The first-order valence-electron chi connectivity index (χ1n) is 16.5. The maximum atomic E-state index is 14.4. The number of fused-ring (bicyclic) bond motifs is 2. The molecule has 0 aromatic heterocycles. The fourth-order valence-corrected chi connectivity index (χ4v) is 6.61. The summed E-state index contributed by atoms with van der Waals surface area (Å²) in [6.45, 7) is 4.72. The van der Waals surface area contributed by atoms with Crippen molar-refractivity contribution < 1.29 is 23.9 Å². The summed E-state index contributed by atoms with van der Waals surface area (Å²) in [5.74, 6) is 0.00344. The highest BCUT2D eigenvalue weighted by atomic mass is 16.6. The Hall–Kier alpha value is -5.42. The molecule has 2 saturated heterocycles. The van der Waals surface area contributed by atoms with E-state index in [-0.39, 0.29) is 43.4 Å². The predicted octanol–water partition coefficient (Wildman–Crippen LogP) is 4.86. The molecule has 6 rings (SSSR count). The van der Waals surface area contributed by atoms with E-state index >= 15 is 0 Å². The number of nitrogens with zero attached hydrogens (tertiary/aromatic N) is 5. The Balaban J connectivity index is 1.30. The van der Waals surface area contributed by atoms with Crippen LogP contribution in [0.3, 0.4) is 0 Å². The fraction of sp³-hybridized carbons (Fsp3) is 0.316. The lowest BCUT2D eigenvalue weighted by Crippen LogP contribution is -2.66. The molecule has 4 aromatic rings. The molecule has 1 N–H and O–H groups in total. The van der Waals surface area contributed by atoms with Gasteiger partial charge in [0.05, 0.1) is 13.1 Å². The van der Waals surface area contributed by atoms with Gasteiger partial charge in [-0.15, -0.1) is 0 Å². The van der Waals surface area contributed by atoms with Gasteiger partial charge in [-0.1, -0.05) is 84.9 Å². The molecule has 2 aliphatic rings. The second-order valence-corrected chi connectivity index (χ2v) is 12.9. The van der Waals surface area contributed by atoms with Gasteiger partial charge >= 0.3 is 12.1 Å². The molecule has 0 saturated carbocycles. The number of amides is 5. The summed E-state index contributed by atoms with van der Waals surface area (Å²) in [7, 11) is 3.21. The van der Waals surface area contributed by atoms with Crippen molar-refractivity contribution in [2.24, 2.45) is 0 Å². The highest BCUT2D eigenvalue weighted by Gasteiger charge is 2.52. The summed E-state index contributed by atoms with van der Waals surface area (Å²) in [5, 5.41) is 8.58. The average Bonchev–Trinajstić information content (AvgIpc) is 3.41. The Kier molecular flexibility index (Phi) is 9.82. The standard InChI is InChI=1S/C38H42N6O5/c1-26(2)44(37(47)39-22-28-11-6-5-7-12-28)42-25-35(45)43-33(21-27-17-19-31(20-18-27)49-38(48)40(3)4)36(46)41(24-34(42)43)23-30-15-10-14-29-13-8-9-16-32(29)30/h5-20,26,33-34H,21-25H2,1-4H3,(H,39,47)/t33-,34+/m0/s1. The number of carbonyl (C=O) groups excluding carboxylic acids is 4. The molecule has 5 amide bonds. The van der Waals surface area contributed by atoms with E-state index in [2.05, 4.69) is 11.4 Å². The van der Waals surface area contributed by atoms with Crippen molar-refractivity contribution in [3.63, 3.8) is 0 Å². The largest absolute Gasteiger partial charge is 0.414 e. The van der Waals surface area contributed by atoms with Crippen molar-refractivity contribution in [2.45, 2.75) is 51.6 Å². The third-order valence-electron chi connectivity index (χ3n) is 8.99. The number of urea groups is 1. The van der Waals surface area contributed by atoms with Gasteiger partial charge in [0.2, 0.25) is 11.8 Å². The first kappa shape index (κ1) is 33.5. The van der Waals surface area contributed by atoms with Crippen LogP contribution in [0.15, 0.2) is 97.1 Å². The molecule has 0 bridgehead atoms. The number of piperazine rings is 1. The van der Waals surface area contributed by atoms with E-state index in [1.54, 1.807) is 48.3 Å². The molecule has 4 aromatic carbocycles. The van der Waals surface area contributed by atoms with Gasteiger partial charge in [-0.2, -0.15) is 5.01 Å². The number of nitrogens with one attached hydrogen (secondary N) is 1. The molecule has 11 nitrogen and oxygen atoms in total. The van der Waals surface area contributed by atoms with Gasteiger partial charge in [-0.05, 0) is 53.4 Å². The third kappa shape index (κ3) is 7.22. The van der Waals surface area contributed by atoms with Crippen molar-refractivity contribution in [1.82, 2.24) is 30.0 Å². The summed E-state index contributed by atoms with van der Waals surface area (Å²) in [6.07, 6.45) is -0.798. The molecule has 0 spiro atoms. The summed E-state index contributed by atoms with van der Waals surface area (Å²) in [4.78, 5) is 58.9. The molecular weight excluding hydrogens is 620 g/mol. The monoisotopic (exact) mass is 662 g/mol. The maximum absolute atomic E-state index is 14.4. The highest BCUT2D eigenvalue weighted by molar-refractivity contribution is 5.92. The van der Waals surface area contributed by atoms with Crippen LogP contribution in [0.1, 0.15) is 30.5 Å². The number of hydrazine groups is 1. The van der Waals surface area contributed by atoms with E-state index in [1.807, 2.05) is 90.5 Å². The number of hydrogen-bond acceptors (Lipinski definition) is 6. The number of carbonyl (C=O) groups is 4. The molecule has 2 heterocycles. The Morgan fingerprint density at radius 3 is 2.29 bits per heavy atom. The number of ether oxygens (including phenoxy) is 1. The molecule has 49 heavy (non-hydrogen) atoms. The molecule has 2 atom stereocenters. The van der Waals surface area contributed by atoms with Gasteiger partial charge in [0, 0.05) is 39.6 Å². The zero-order chi connectivity index (χ0) is 34.7. The second-order valence-electron chi connectivity index (χ2n) is 12.9. The quantitative estimate of drug-likeness (QED) is 0.275.